The second kappa shape index (κ2) is 4.07. The molecule has 1 aliphatic rings. The van der Waals surface area contributed by atoms with Gasteiger partial charge in [-0.25, -0.2) is 18.6 Å². The summed E-state index contributed by atoms with van der Waals surface area (Å²) in [7, 11) is -3.67. The highest BCUT2D eigenvalue weighted by atomic mass is 32.2. The van der Waals surface area contributed by atoms with Crippen LogP contribution in [-0.2, 0) is 21.4 Å². The molecule has 2 heterocycles. The lowest BCUT2D eigenvalue weighted by atomic mass is 10.2. The fourth-order valence-electron chi connectivity index (χ4n) is 1.72. The van der Waals surface area contributed by atoms with Crippen molar-refractivity contribution in [1.29, 1.82) is 0 Å². The molecule has 0 spiro atoms. The van der Waals surface area contributed by atoms with Crippen LogP contribution in [0.2, 0.25) is 0 Å². The van der Waals surface area contributed by atoms with E-state index in [0.717, 1.165) is 10.6 Å². The molecule has 0 aromatic carbocycles. The van der Waals surface area contributed by atoms with Gasteiger partial charge in [-0.15, -0.1) is 0 Å². The molecule has 1 fully saturated rings. The highest BCUT2D eigenvalue weighted by Gasteiger charge is 2.60. The molecule has 0 saturated carbocycles. The number of rotatable bonds is 3. The van der Waals surface area contributed by atoms with E-state index in [1.54, 1.807) is 0 Å². The van der Waals surface area contributed by atoms with Gasteiger partial charge in [-0.05, 0) is 19.9 Å². The summed E-state index contributed by atoms with van der Waals surface area (Å²) in [6, 6.07) is 1.33. The Morgan fingerprint density at radius 3 is 2.68 bits per heavy atom. The topological polar surface area (TPSA) is 123 Å². The highest BCUT2D eigenvalue weighted by molar-refractivity contribution is 7.94. The Hall–Kier alpha value is -1.87. The third-order valence-electron chi connectivity index (χ3n) is 3.02. The van der Waals surface area contributed by atoms with Crippen LogP contribution in [0.5, 0.6) is 0 Å². The highest BCUT2D eigenvalue weighted by Crippen LogP contribution is 2.36. The number of hydrogen-bond acceptors (Lipinski definition) is 6. The molecule has 0 radical (unpaired) electrons. The molecule has 19 heavy (non-hydrogen) atoms. The largest absolute Gasteiger partial charge is 0.467 e. The summed E-state index contributed by atoms with van der Waals surface area (Å²) in [6.45, 7) is 2.45. The van der Waals surface area contributed by atoms with Crippen molar-refractivity contribution >= 4 is 21.8 Å². The van der Waals surface area contributed by atoms with Gasteiger partial charge in [0.1, 0.15) is 12.0 Å². The zero-order valence-electron chi connectivity index (χ0n) is 10.3. The predicted molar refractivity (Wildman–Crippen MR) is 63.9 cm³/mol. The quantitative estimate of drug-likeness (QED) is 0.432. The summed E-state index contributed by atoms with van der Waals surface area (Å²) in [5.74, 6) is 4.07. The third-order valence-corrected chi connectivity index (χ3v) is 5.36. The minimum Gasteiger partial charge on any atom is -0.467 e. The van der Waals surface area contributed by atoms with Crippen molar-refractivity contribution in [3.63, 3.8) is 0 Å². The lowest BCUT2D eigenvalue weighted by molar-refractivity contribution is -0.132. The van der Waals surface area contributed by atoms with Gasteiger partial charge in [0.05, 0.1) is 12.1 Å². The first-order valence-corrected chi connectivity index (χ1v) is 6.81. The van der Waals surface area contributed by atoms with Crippen molar-refractivity contribution in [2.45, 2.75) is 25.1 Å². The summed E-state index contributed by atoms with van der Waals surface area (Å²) in [5, 5.41) is 0. The number of nitrogens with zero attached hydrogens (tertiary/aromatic N) is 1. The first kappa shape index (κ1) is 13.6. The first-order valence-electron chi connectivity index (χ1n) is 5.37. The number of hydrazine groups is 1. The zero-order valence-corrected chi connectivity index (χ0v) is 11.2. The number of carbonyl (C=O) groups excluding carboxylic acids is 2. The standard InChI is InChI=1S/C10H13N3O5S/c1-10(2)9(15)13(19(10,16)17)4-7-3-6(5-18-7)8(14)12-11/h3,5H,4,11H2,1-2H3,(H,12,14). The molecule has 104 valence electrons. The average Bonchev–Trinajstić information content (AvgIpc) is 2.82. The van der Waals surface area contributed by atoms with E-state index in [1.165, 1.54) is 19.9 Å². The molecule has 0 bridgehead atoms. The Kier molecular flexibility index (Phi) is 2.90. The summed E-state index contributed by atoms with van der Waals surface area (Å²) in [4.78, 5) is 22.9. The first-order chi connectivity index (χ1) is 8.71. The van der Waals surface area contributed by atoms with Gasteiger partial charge in [0.25, 0.3) is 21.8 Å². The van der Waals surface area contributed by atoms with E-state index in [2.05, 4.69) is 0 Å². The molecule has 1 aliphatic heterocycles. The smallest absolute Gasteiger partial charge is 0.268 e. The van der Waals surface area contributed by atoms with Crippen molar-refractivity contribution in [2.24, 2.45) is 5.84 Å². The molecular weight excluding hydrogens is 274 g/mol. The minimum atomic E-state index is -3.67. The van der Waals surface area contributed by atoms with E-state index in [1.807, 2.05) is 5.43 Å². The summed E-state index contributed by atoms with van der Waals surface area (Å²) in [5.41, 5.74) is 2.07. The zero-order chi connectivity index (χ0) is 14.4. The maximum atomic E-state index is 11.8. The molecule has 1 aromatic rings. The average molecular weight is 287 g/mol. The van der Waals surface area contributed by atoms with Crippen molar-refractivity contribution in [2.75, 3.05) is 0 Å². The molecule has 8 nitrogen and oxygen atoms in total. The van der Waals surface area contributed by atoms with Crippen LogP contribution in [0.1, 0.15) is 30.0 Å². The molecule has 9 heteroatoms. The van der Waals surface area contributed by atoms with Gasteiger partial charge in [-0.3, -0.25) is 15.0 Å². The lowest BCUT2D eigenvalue weighted by Crippen LogP contribution is -2.66. The summed E-state index contributed by atoms with van der Waals surface area (Å²) < 4.78 is 28.0. The fourth-order valence-corrected chi connectivity index (χ4v) is 3.21. The number of hydrogen-bond donors (Lipinski definition) is 2. The van der Waals surface area contributed by atoms with Gasteiger partial charge in [0.2, 0.25) is 0 Å². The second-order valence-corrected chi connectivity index (χ2v) is 7.01. The van der Waals surface area contributed by atoms with E-state index in [-0.39, 0.29) is 17.9 Å². The minimum absolute atomic E-state index is 0.155. The van der Waals surface area contributed by atoms with E-state index >= 15 is 0 Å². The molecule has 0 unspecified atom stereocenters. The molecule has 1 saturated heterocycles. The van der Waals surface area contributed by atoms with E-state index in [9.17, 15) is 18.0 Å². The van der Waals surface area contributed by atoms with E-state index in [4.69, 9.17) is 10.3 Å². The monoisotopic (exact) mass is 287 g/mol. The number of nitrogens with one attached hydrogen (secondary N) is 1. The molecule has 0 atom stereocenters. The Labute approximate surface area is 109 Å². The number of furan rings is 1. The van der Waals surface area contributed by atoms with Crippen LogP contribution < -0.4 is 11.3 Å². The molecular formula is C10H13N3O5S. The maximum Gasteiger partial charge on any atom is 0.268 e. The lowest BCUT2D eigenvalue weighted by Gasteiger charge is -2.42. The second-order valence-electron chi connectivity index (χ2n) is 4.60. The third kappa shape index (κ3) is 1.81. The van der Waals surface area contributed by atoms with Crippen LogP contribution in [0.4, 0.5) is 0 Å². The SMILES string of the molecule is CC1(C)C(=O)N(Cc2cc(C(=O)NN)co2)S1(=O)=O. The van der Waals surface area contributed by atoms with E-state index in [0.29, 0.717) is 0 Å². The van der Waals surface area contributed by atoms with Crippen molar-refractivity contribution in [3.05, 3.63) is 23.7 Å². The van der Waals surface area contributed by atoms with Crippen LogP contribution in [-0.4, -0.2) is 29.3 Å². The van der Waals surface area contributed by atoms with Crippen LogP contribution >= 0.6 is 0 Å². The van der Waals surface area contributed by atoms with Crippen molar-refractivity contribution < 1.29 is 22.4 Å². The molecule has 0 aliphatic carbocycles. The van der Waals surface area contributed by atoms with Gasteiger partial charge in [-0.2, -0.15) is 0 Å². The summed E-state index contributed by atoms with van der Waals surface area (Å²) >= 11 is 0. The predicted octanol–water partition coefficient (Wildman–Crippen LogP) is -0.666. The molecule has 1 aromatic heterocycles. The van der Waals surface area contributed by atoms with Gasteiger partial charge in [0, 0.05) is 0 Å². The summed E-state index contributed by atoms with van der Waals surface area (Å²) in [6.07, 6.45) is 1.14. The van der Waals surface area contributed by atoms with Crippen molar-refractivity contribution in [1.82, 2.24) is 9.73 Å². The van der Waals surface area contributed by atoms with E-state index < -0.39 is 26.6 Å². The molecule has 2 rings (SSSR count). The Morgan fingerprint density at radius 2 is 2.16 bits per heavy atom. The number of nitrogen functional groups attached to an aromatic ring is 1. The Morgan fingerprint density at radius 1 is 1.53 bits per heavy atom. The molecule has 2 amide bonds. The van der Waals surface area contributed by atoms with Crippen molar-refractivity contribution in [3.8, 4) is 0 Å². The van der Waals surface area contributed by atoms with Crippen LogP contribution in [0.25, 0.3) is 0 Å². The van der Waals surface area contributed by atoms with Crippen LogP contribution in [0.3, 0.4) is 0 Å². The number of amides is 2. The van der Waals surface area contributed by atoms with Crippen LogP contribution in [0, 0.1) is 0 Å². The van der Waals surface area contributed by atoms with Crippen LogP contribution in [0.15, 0.2) is 16.7 Å². The maximum absolute atomic E-state index is 11.8. The number of nitrogens with two attached hydrogens (primary N) is 1. The Balaban J connectivity index is 2.18. The van der Waals surface area contributed by atoms with Gasteiger partial charge in [-0.1, -0.05) is 0 Å². The Bertz CT molecular complexity index is 646. The van der Waals surface area contributed by atoms with Gasteiger partial charge < -0.3 is 4.42 Å². The molecule has 3 N–H and O–H groups in total. The van der Waals surface area contributed by atoms with Gasteiger partial charge in [0.15, 0.2) is 4.75 Å². The number of sulfonamides is 1. The number of carbonyl (C=O) groups is 2. The fraction of sp³-hybridized carbons (Fsp3) is 0.400. The van der Waals surface area contributed by atoms with Gasteiger partial charge >= 0.3 is 0 Å². The normalized spacial score (nSPS) is 19.9.